The van der Waals surface area contributed by atoms with E-state index in [1.54, 1.807) is 18.5 Å². The first-order valence-corrected chi connectivity index (χ1v) is 8.92. The van der Waals surface area contributed by atoms with Gasteiger partial charge in [0, 0.05) is 31.5 Å². The second kappa shape index (κ2) is 7.17. The average molecular weight is 366 g/mol. The molecule has 0 radical (unpaired) electrons. The van der Waals surface area contributed by atoms with Crippen LogP contribution in [-0.4, -0.2) is 56.2 Å². The third-order valence-corrected chi connectivity index (χ3v) is 4.43. The molecule has 1 fully saturated rings. The number of nitrogens with zero attached hydrogens (tertiary/aromatic N) is 3. The molecule has 8 heteroatoms. The van der Waals surface area contributed by atoms with Crippen LogP contribution < -0.4 is 10.2 Å². The molecule has 1 aliphatic heterocycles. The predicted molar refractivity (Wildman–Crippen MR) is 96.7 cm³/mol. The van der Waals surface area contributed by atoms with Gasteiger partial charge in [-0.1, -0.05) is 20.8 Å². The summed E-state index contributed by atoms with van der Waals surface area (Å²) in [5.41, 5.74) is -1.51. The van der Waals surface area contributed by atoms with Crippen molar-refractivity contribution in [1.82, 2.24) is 20.2 Å². The number of piperidine rings is 1. The van der Waals surface area contributed by atoms with Gasteiger partial charge in [0.05, 0.1) is 12.4 Å². The molecule has 1 saturated heterocycles. The van der Waals surface area contributed by atoms with Crippen LogP contribution in [0.1, 0.15) is 53.9 Å². The normalized spacial score (nSPS) is 17.7. The fraction of sp³-hybridized carbons (Fsp3) is 0.722. The Labute approximate surface area is 154 Å². The number of carbonyl (C=O) groups is 2. The minimum Gasteiger partial charge on any atom is -0.465 e. The molecule has 0 aromatic carbocycles. The van der Waals surface area contributed by atoms with E-state index in [0.29, 0.717) is 0 Å². The quantitative estimate of drug-likeness (QED) is 0.832. The minimum atomic E-state index is -1.15. The number of carbonyl (C=O) groups excluding carboxylic acids is 1. The van der Waals surface area contributed by atoms with Crippen molar-refractivity contribution >= 4 is 12.0 Å². The molecule has 146 valence electrons. The van der Waals surface area contributed by atoms with Gasteiger partial charge in [-0.15, -0.1) is 9.94 Å². The Hall–Kier alpha value is -2.25. The molecule has 1 aromatic heterocycles. The standard InChI is InChI=1S/C18H30N4O4/c1-16(2,3)13-17(4,5)20-14(23)18(26-22-10-6-9-19-22)7-11-21(12-8-18)15(24)25/h6,9-10H,7-8,11-13H2,1-5H3,(H,20,23)(H,24,25). The Morgan fingerprint density at radius 1 is 1.23 bits per heavy atom. The van der Waals surface area contributed by atoms with E-state index in [9.17, 15) is 14.7 Å². The van der Waals surface area contributed by atoms with Crippen molar-refractivity contribution in [1.29, 1.82) is 0 Å². The molecule has 1 aromatic rings. The lowest BCUT2D eigenvalue weighted by Gasteiger charge is -2.41. The van der Waals surface area contributed by atoms with Gasteiger partial charge in [-0.3, -0.25) is 4.79 Å². The number of likely N-dealkylation sites (tertiary alicyclic amines) is 1. The summed E-state index contributed by atoms with van der Waals surface area (Å²) in [6.07, 6.45) is 3.56. The number of amides is 2. The van der Waals surface area contributed by atoms with Gasteiger partial charge in [0.15, 0.2) is 0 Å². The molecule has 0 aliphatic carbocycles. The number of aromatic nitrogens is 2. The van der Waals surface area contributed by atoms with Gasteiger partial charge in [0.25, 0.3) is 5.91 Å². The van der Waals surface area contributed by atoms with Crippen LogP contribution in [0.2, 0.25) is 0 Å². The molecule has 2 N–H and O–H groups in total. The van der Waals surface area contributed by atoms with Crippen LogP contribution >= 0.6 is 0 Å². The van der Waals surface area contributed by atoms with Gasteiger partial charge in [0.2, 0.25) is 5.60 Å². The van der Waals surface area contributed by atoms with Gasteiger partial charge in [0.1, 0.15) is 0 Å². The van der Waals surface area contributed by atoms with Gasteiger partial charge in [-0.2, -0.15) is 0 Å². The monoisotopic (exact) mass is 366 g/mol. The fourth-order valence-corrected chi connectivity index (χ4v) is 3.70. The second-order valence-electron chi connectivity index (χ2n) is 8.84. The van der Waals surface area contributed by atoms with Crippen molar-refractivity contribution < 1.29 is 19.5 Å². The first-order chi connectivity index (χ1) is 11.9. The topological polar surface area (TPSA) is 96.7 Å². The molecule has 0 saturated carbocycles. The number of nitrogens with one attached hydrogen (secondary N) is 1. The van der Waals surface area contributed by atoms with Crippen molar-refractivity contribution in [2.75, 3.05) is 13.1 Å². The number of hydrogen-bond donors (Lipinski definition) is 2. The van der Waals surface area contributed by atoms with E-state index >= 15 is 0 Å². The summed E-state index contributed by atoms with van der Waals surface area (Å²) in [6.45, 7) is 10.8. The molecule has 2 amide bonds. The smallest absolute Gasteiger partial charge is 0.407 e. The summed E-state index contributed by atoms with van der Waals surface area (Å²) in [5, 5.41) is 16.3. The summed E-state index contributed by atoms with van der Waals surface area (Å²) in [4.78, 5) is 32.9. The maximum absolute atomic E-state index is 13.2. The predicted octanol–water partition coefficient (Wildman–Crippen LogP) is 2.16. The highest BCUT2D eigenvalue weighted by Gasteiger charge is 2.47. The highest BCUT2D eigenvalue weighted by molar-refractivity contribution is 5.86. The van der Waals surface area contributed by atoms with E-state index in [0.717, 1.165) is 6.42 Å². The van der Waals surface area contributed by atoms with Crippen LogP contribution in [-0.2, 0) is 4.79 Å². The van der Waals surface area contributed by atoms with Crippen LogP contribution in [0.15, 0.2) is 18.5 Å². The zero-order valence-electron chi connectivity index (χ0n) is 16.3. The maximum atomic E-state index is 13.2. The van der Waals surface area contributed by atoms with E-state index in [4.69, 9.17) is 4.84 Å². The van der Waals surface area contributed by atoms with Crippen LogP contribution in [0.4, 0.5) is 4.79 Å². The van der Waals surface area contributed by atoms with E-state index in [2.05, 4.69) is 31.2 Å². The summed E-state index contributed by atoms with van der Waals surface area (Å²) in [7, 11) is 0. The lowest BCUT2D eigenvalue weighted by Crippen LogP contribution is -2.63. The highest BCUT2D eigenvalue weighted by atomic mass is 16.7. The molecule has 0 spiro atoms. The van der Waals surface area contributed by atoms with Gasteiger partial charge < -0.3 is 20.2 Å². The summed E-state index contributed by atoms with van der Waals surface area (Å²) in [5.74, 6) is -0.229. The summed E-state index contributed by atoms with van der Waals surface area (Å²) < 4.78 is 0. The summed E-state index contributed by atoms with van der Waals surface area (Å²) >= 11 is 0. The third-order valence-electron chi connectivity index (χ3n) is 4.43. The molecule has 1 aliphatic rings. The Morgan fingerprint density at radius 3 is 2.31 bits per heavy atom. The summed E-state index contributed by atoms with van der Waals surface area (Å²) in [6, 6.07) is 1.71. The Balaban J connectivity index is 2.18. The van der Waals surface area contributed by atoms with E-state index < -0.39 is 17.2 Å². The highest BCUT2D eigenvalue weighted by Crippen LogP contribution is 2.30. The van der Waals surface area contributed by atoms with Gasteiger partial charge in [-0.05, 0) is 31.7 Å². The largest absolute Gasteiger partial charge is 0.465 e. The van der Waals surface area contributed by atoms with Crippen LogP contribution in [0.3, 0.4) is 0 Å². The van der Waals surface area contributed by atoms with Gasteiger partial charge in [-0.25, -0.2) is 4.79 Å². The van der Waals surface area contributed by atoms with Crippen LogP contribution in [0, 0.1) is 5.41 Å². The number of rotatable bonds is 5. The molecule has 0 unspecified atom stereocenters. The molecule has 2 rings (SSSR count). The molecule has 26 heavy (non-hydrogen) atoms. The number of carboxylic acid groups (broad SMARTS) is 1. The molecule has 8 nitrogen and oxygen atoms in total. The van der Waals surface area contributed by atoms with E-state index in [-0.39, 0.29) is 37.3 Å². The lowest BCUT2D eigenvalue weighted by atomic mass is 9.81. The SMILES string of the molecule is CC(C)(C)CC(C)(C)NC(=O)C1(On2cccn2)CCN(C(=O)O)CC1. The van der Waals surface area contributed by atoms with E-state index in [1.807, 2.05) is 13.8 Å². The van der Waals surface area contributed by atoms with Crippen molar-refractivity contribution in [3.63, 3.8) is 0 Å². The van der Waals surface area contributed by atoms with Crippen LogP contribution in [0.5, 0.6) is 0 Å². The van der Waals surface area contributed by atoms with Crippen molar-refractivity contribution in [3.05, 3.63) is 18.5 Å². The lowest BCUT2D eigenvalue weighted by molar-refractivity contribution is -0.159. The zero-order valence-corrected chi connectivity index (χ0v) is 16.3. The average Bonchev–Trinajstić information content (AvgIpc) is 2.97. The molecule has 0 atom stereocenters. The van der Waals surface area contributed by atoms with Crippen molar-refractivity contribution in [2.45, 2.75) is 65.0 Å². The zero-order chi connectivity index (χ0) is 19.6. The van der Waals surface area contributed by atoms with E-state index in [1.165, 1.54) is 9.75 Å². The number of hydrogen-bond acceptors (Lipinski definition) is 4. The second-order valence-corrected chi connectivity index (χ2v) is 8.84. The first kappa shape index (κ1) is 20.1. The molecule has 0 bridgehead atoms. The Kier molecular flexibility index (Phi) is 5.53. The molecular formula is C18H30N4O4. The molecule has 2 heterocycles. The third kappa shape index (κ3) is 5.12. The first-order valence-electron chi connectivity index (χ1n) is 8.92. The Bertz CT molecular complexity index is 626. The fourth-order valence-electron chi connectivity index (χ4n) is 3.70. The van der Waals surface area contributed by atoms with Crippen molar-refractivity contribution in [3.8, 4) is 0 Å². The maximum Gasteiger partial charge on any atom is 0.407 e. The molecular weight excluding hydrogens is 336 g/mol. The Morgan fingerprint density at radius 2 is 1.85 bits per heavy atom. The van der Waals surface area contributed by atoms with Crippen LogP contribution in [0.25, 0.3) is 0 Å². The van der Waals surface area contributed by atoms with Gasteiger partial charge >= 0.3 is 6.09 Å². The minimum absolute atomic E-state index is 0.0550. The van der Waals surface area contributed by atoms with Crippen molar-refractivity contribution in [2.24, 2.45) is 5.41 Å².